The van der Waals surface area contributed by atoms with Crippen molar-refractivity contribution in [3.05, 3.63) is 24.2 Å². The topological polar surface area (TPSA) is 80.6 Å². The number of nitrogens with one attached hydrogen (secondary N) is 2. The fourth-order valence-electron chi connectivity index (χ4n) is 0.980. The van der Waals surface area contributed by atoms with Gasteiger partial charge in [-0.05, 0) is 18.1 Å². The van der Waals surface area contributed by atoms with E-state index in [9.17, 15) is 9.59 Å². The Labute approximate surface area is 99.3 Å². The molecule has 0 atom stereocenters. The number of amides is 2. The van der Waals surface area contributed by atoms with Gasteiger partial charge in [-0.2, -0.15) is 0 Å². The van der Waals surface area contributed by atoms with Crippen LogP contribution in [-0.4, -0.2) is 25.0 Å². The zero-order valence-electron chi connectivity index (χ0n) is 9.86. The first-order chi connectivity index (χ1) is 8.09. The van der Waals surface area contributed by atoms with Gasteiger partial charge in [0.1, 0.15) is 0 Å². The van der Waals surface area contributed by atoms with Crippen molar-refractivity contribution >= 4 is 11.8 Å². The summed E-state index contributed by atoms with van der Waals surface area (Å²) in [6.45, 7) is 4.20. The second-order valence-electron chi connectivity index (χ2n) is 3.89. The van der Waals surface area contributed by atoms with E-state index in [1.807, 2.05) is 13.8 Å². The third kappa shape index (κ3) is 5.17. The average molecular weight is 240 g/mol. The van der Waals surface area contributed by atoms with E-state index in [-0.39, 0.29) is 12.3 Å². The molecule has 0 saturated carbocycles. The molecule has 0 saturated heterocycles. The van der Waals surface area contributed by atoms with E-state index in [4.69, 9.17) is 9.25 Å². The smallest absolute Gasteiger partial charge is 0.287 e. The Morgan fingerprint density at radius 3 is 2.82 bits per heavy atom. The Hall–Kier alpha value is -1.82. The van der Waals surface area contributed by atoms with Crippen LogP contribution < -0.4 is 10.8 Å². The van der Waals surface area contributed by atoms with E-state index in [1.165, 1.54) is 12.3 Å². The van der Waals surface area contributed by atoms with E-state index in [0.29, 0.717) is 12.5 Å². The Kier molecular flexibility index (Phi) is 5.22. The van der Waals surface area contributed by atoms with Gasteiger partial charge in [0.2, 0.25) is 0 Å². The zero-order chi connectivity index (χ0) is 12.7. The third-order valence-corrected chi connectivity index (χ3v) is 1.76. The van der Waals surface area contributed by atoms with Gasteiger partial charge >= 0.3 is 0 Å². The summed E-state index contributed by atoms with van der Waals surface area (Å²) in [6.07, 6.45) is 1.39. The highest BCUT2D eigenvalue weighted by Crippen LogP contribution is 1.98. The van der Waals surface area contributed by atoms with E-state index >= 15 is 0 Å². The lowest BCUT2D eigenvalue weighted by Gasteiger charge is -2.07. The molecule has 2 N–H and O–H groups in total. The summed E-state index contributed by atoms with van der Waals surface area (Å²) in [5, 5.41) is 2.40. The number of hydrogen-bond acceptors (Lipinski definition) is 4. The van der Waals surface area contributed by atoms with Crippen LogP contribution in [0.15, 0.2) is 22.8 Å². The molecular weight excluding hydrogens is 224 g/mol. The Morgan fingerprint density at radius 2 is 2.24 bits per heavy atom. The molecule has 6 heteroatoms. The summed E-state index contributed by atoms with van der Waals surface area (Å²) >= 11 is 0. The van der Waals surface area contributed by atoms with Crippen molar-refractivity contribution in [2.75, 3.05) is 13.2 Å². The minimum Gasteiger partial charge on any atom is -0.459 e. The van der Waals surface area contributed by atoms with Gasteiger partial charge in [0.25, 0.3) is 11.8 Å². The molecule has 0 aliphatic carbocycles. The first-order valence-corrected chi connectivity index (χ1v) is 5.32. The molecule has 0 aliphatic rings. The van der Waals surface area contributed by atoms with Gasteiger partial charge in [-0.15, -0.1) is 0 Å². The van der Waals surface area contributed by atoms with Crippen molar-refractivity contribution in [2.24, 2.45) is 5.92 Å². The fraction of sp³-hybridized carbons (Fsp3) is 0.455. The molecule has 0 bridgehead atoms. The lowest BCUT2D eigenvalue weighted by molar-refractivity contribution is -0.133. The lowest BCUT2D eigenvalue weighted by atomic mass is 10.2. The molecule has 0 spiro atoms. The quantitative estimate of drug-likeness (QED) is 0.718. The largest absolute Gasteiger partial charge is 0.459 e. The summed E-state index contributed by atoms with van der Waals surface area (Å²) in [4.78, 5) is 27.5. The van der Waals surface area contributed by atoms with Gasteiger partial charge < -0.3 is 9.73 Å². The SMILES string of the molecule is CC(C)CONC(=O)CNC(=O)c1ccco1. The van der Waals surface area contributed by atoms with Gasteiger partial charge in [0, 0.05) is 0 Å². The molecule has 0 radical (unpaired) electrons. The summed E-state index contributed by atoms with van der Waals surface area (Å²) in [5.41, 5.74) is 2.23. The molecule has 6 nitrogen and oxygen atoms in total. The van der Waals surface area contributed by atoms with Crippen LogP contribution in [0.4, 0.5) is 0 Å². The van der Waals surface area contributed by atoms with Crippen molar-refractivity contribution in [1.82, 2.24) is 10.8 Å². The predicted molar refractivity (Wildman–Crippen MR) is 60.0 cm³/mol. The van der Waals surface area contributed by atoms with Crippen LogP contribution in [0.25, 0.3) is 0 Å². The normalized spacial score (nSPS) is 10.3. The Bertz CT molecular complexity index is 360. The summed E-state index contributed by atoms with van der Waals surface area (Å²) < 4.78 is 4.87. The van der Waals surface area contributed by atoms with Crippen LogP contribution in [0.1, 0.15) is 24.4 Å². The molecule has 1 aromatic rings. The second-order valence-corrected chi connectivity index (χ2v) is 3.89. The van der Waals surface area contributed by atoms with Gasteiger partial charge in [-0.1, -0.05) is 13.8 Å². The Balaban J connectivity index is 2.18. The molecule has 0 unspecified atom stereocenters. The predicted octanol–water partition coefficient (Wildman–Crippen LogP) is 0.713. The maximum Gasteiger partial charge on any atom is 0.287 e. The second kappa shape index (κ2) is 6.70. The molecule has 17 heavy (non-hydrogen) atoms. The average Bonchev–Trinajstić information content (AvgIpc) is 2.78. The van der Waals surface area contributed by atoms with Gasteiger partial charge in [-0.25, -0.2) is 5.48 Å². The maximum atomic E-state index is 11.4. The zero-order valence-corrected chi connectivity index (χ0v) is 9.86. The van der Waals surface area contributed by atoms with E-state index < -0.39 is 11.8 Å². The Morgan fingerprint density at radius 1 is 1.47 bits per heavy atom. The van der Waals surface area contributed by atoms with Gasteiger partial charge in [0.05, 0.1) is 19.4 Å². The van der Waals surface area contributed by atoms with Crippen molar-refractivity contribution in [3.8, 4) is 0 Å². The summed E-state index contributed by atoms with van der Waals surface area (Å²) in [7, 11) is 0. The molecule has 2 amide bonds. The van der Waals surface area contributed by atoms with E-state index in [0.717, 1.165) is 0 Å². The third-order valence-electron chi connectivity index (χ3n) is 1.76. The van der Waals surface area contributed by atoms with E-state index in [2.05, 4.69) is 10.8 Å². The van der Waals surface area contributed by atoms with Crippen LogP contribution in [-0.2, 0) is 9.63 Å². The summed E-state index contributed by atoms with van der Waals surface area (Å²) in [6, 6.07) is 3.11. The molecule has 0 fully saturated rings. The first kappa shape index (κ1) is 13.2. The number of furan rings is 1. The number of carbonyl (C=O) groups excluding carboxylic acids is 2. The van der Waals surface area contributed by atoms with Crippen molar-refractivity contribution in [1.29, 1.82) is 0 Å². The van der Waals surface area contributed by atoms with Crippen LogP contribution in [0, 0.1) is 5.92 Å². The van der Waals surface area contributed by atoms with Gasteiger partial charge in [0.15, 0.2) is 5.76 Å². The minimum absolute atomic E-state index is 0.155. The highest BCUT2D eigenvalue weighted by atomic mass is 16.6. The van der Waals surface area contributed by atoms with Crippen LogP contribution >= 0.6 is 0 Å². The van der Waals surface area contributed by atoms with Crippen LogP contribution in [0.5, 0.6) is 0 Å². The first-order valence-electron chi connectivity index (χ1n) is 5.32. The fourth-order valence-corrected chi connectivity index (χ4v) is 0.980. The number of hydroxylamine groups is 1. The molecule has 1 heterocycles. The van der Waals surface area contributed by atoms with Crippen molar-refractivity contribution in [2.45, 2.75) is 13.8 Å². The molecular formula is C11H16N2O4. The summed E-state index contributed by atoms with van der Waals surface area (Å²) in [5.74, 6) is -0.353. The van der Waals surface area contributed by atoms with Crippen molar-refractivity contribution in [3.63, 3.8) is 0 Å². The van der Waals surface area contributed by atoms with Crippen LogP contribution in [0.2, 0.25) is 0 Å². The lowest BCUT2D eigenvalue weighted by Crippen LogP contribution is -2.37. The number of carbonyl (C=O) groups is 2. The standard InChI is InChI=1S/C11H16N2O4/c1-8(2)7-17-13-10(14)6-12-11(15)9-4-3-5-16-9/h3-5,8H,6-7H2,1-2H3,(H,12,15)(H,13,14). The van der Waals surface area contributed by atoms with Crippen molar-refractivity contribution < 1.29 is 18.8 Å². The van der Waals surface area contributed by atoms with Gasteiger partial charge in [-0.3, -0.25) is 14.4 Å². The van der Waals surface area contributed by atoms with Crippen LogP contribution in [0.3, 0.4) is 0 Å². The highest BCUT2D eigenvalue weighted by Gasteiger charge is 2.09. The molecule has 94 valence electrons. The molecule has 0 aromatic carbocycles. The molecule has 1 rings (SSSR count). The highest BCUT2D eigenvalue weighted by molar-refractivity contribution is 5.93. The minimum atomic E-state index is -0.436. The maximum absolute atomic E-state index is 11.4. The monoisotopic (exact) mass is 240 g/mol. The number of rotatable bonds is 6. The van der Waals surface area contributed by atoms with E-state index in [1.54, 1.807) is 6.07 Å². The molecule has 1 aromatic heterocycles. The molecule has 0 aliphatic heterocycles. The number of hydrogen-bond donors (Lipinski definition) is 2.